The largest absolute Gasteiger partial charge is 0.482 e. The first-order chi connectivity index (χ1) is 38.9. The van der Waals surface area contributed by atoms with Crippen LogP contribution in [0.15, 0.2) is 113 Å². The van der Waals surface area contributed by atoms with E-state index in [0.29, 0.717) is 36.1 Å². The Labute approximate surface area is 464 Å². The molecule has 8 aromatic rings. The minimum absolute atomic E-state index is 0.00377. The van der Waals surface area contributed by atoms with Crippen molar-refractivity contribution >= 4 is 34.5 Å². The molecule has 16 nitrogen and oxygen atoms in total. The molecule has 0 radical (unpaired) electrons. The predicted molar refractivity (Wildman–Crippen MR) is 292 cm³/mol. The van der Waals surface area contributed by atoms with Crippen LogP contribution in [0.5, 0.6) is 11.5 Å². The fourth-order valence-electron chi connectivity index (χ4n) is 11.2. The third-order valence-electron chi connectivity index (χ3n) is 15.1. The average molecular weight is 1130 g/mol. The van der Waals surface area contributed by atoms with Crippen LogP contribution >= 0.6 is 22.7 Å². The van der Waals surface area contributed by atoms with Gasteiger partial charge in [0.1, 0.15) is 58.8 Å². The van der Waals surface area contributed by atoms with E-state index in [1.807, 2.05) is 72.6 Å². The quantitative estimate of drug-likeness (QED) is 0.0846. The van der Waals surface area contributed by atoms with Gasteiger partial charge in [0.2, 0.25) is 10.9 Å². The summed E-state index contributed by atoms with van der Waals surface area (Å²) in [4.78, 5) is 61.8. The van der Waals surface area contributed by atoms with Crippen molar-refractivity contribution in [1.82, 2.24) is 39.5 Å². The zero-order chi connectivity index (χ0) is 55.2. The molecule has 22 heteroatoms. The fourth-order valence-corrected chi connectivity index (χ4v) is 12.9. The average Bonchev–Trinajstić information content (AvgIpc) is 4.28. The van der Waals surface area contributed by atoms with Crippen LogP contribution in [0.25, 0.3) is 21.1 Å². The summed E-state index contributed by atoms with van der Waals surface area (Å²) >= 11 is 2.13. The number of fused-ring (bicyclic) bond motifs is 6. The van der Waals surface area contributed by atoms with E-state index in [2.05, 4.69) is 25.4 Å². The Morgan fingerprint density at radius 2 is 1.10 bits per heavy atom. The van der Waals surface area contributed by atoms with Gasteiger partial charge in [-0.05, 0) is 86.3 Å². The van der Waals surface area contributed by atoms with Gasteiger partial charge in [0.25, 0.3) is 11.8 Å². The number of hydrogen-bond donors (Lipinski definition) is 0. The van der Waals surface area contributed by atoms with Crippen LogP contribution in [0.1, 0.15) is 104 Å². The first kappa shape index (κ1) is 52.5. The van der Waals surface area contributed by atoms with E-state index in [1.165, 1.54) is 24.4 Å². The Kier molecular flexibility index (Phi) is 14.5. The van der Waals surface area contributed by atoms with Gasteiger partial charge >= 0.3 is 0 Å². The highest BCUT2D eigenvalue weighted by atomic mass is 32.1. The van der Waals surface area contributed by atoms with Crippen LogP contribution in [-0.4, -0.2) is 89.9 Å². The van der Waals surface area contributed by atoms with Crippen molar-refractivity contribution < 1.29 is 36.6 Å². The molecule has 2 amide bonds. The number of aromatic nitrogens is 6. The molecule has 4 aromatic carbocycles. The number of carbonyl (C=O) groups excluding carboxylic acids is 2. The number of nitrogens with zero attached hydrogens (tertiary/aromatic N) is 10. The van der Waals surface area contributed by atoms with Gasteiger partial charge in [-0.25, -0.2) is 17.6 Å². The molecule has 12 rings (SSSR count). The van der Waals surface area contributed by atoms with Crippen molar-refractivity contribution in [2.45, 2.75) is 90.3 Å². The highest BCUT2D eigenvalue weighted by Gasteiger charge is 2.44. The van der Waals surface area contributed by atoms with Crippen LogP contribution in [0.2, 0.25) is 0 Å². The van der Waals surface area contributed by atoms with Gasteiger partial charge in [-0.1, -0.05) is 95.5 Å². The molecule has 0 saturated carbocycles. The Morgan fingerprint density at radius 3 is 1.64 bits per heavy atom. The number of benzene rings is 4. The molecule has 4 aliphatic rings. The van der Waals surface area contributed by atoms with Crippen LogP contribution in [-0.2, 0) is 32.5 Å². The summed E-state index contributed by atoms with van der Waals surface area (Å²) < 4.78 is 77.2. The third-order valence-corrected chi connectivity index (χ3v) is 17.0. The zero-order valence-corrected chi connectivity index (χ0v) is 45.0. The molecule has 80 heavy (non-hydrogen) atoms. The van der Waals surface area contributed by atoms with Gasteiger partial charge in [0, 0.05) is 63.0 Å². The van der Waals surface area contributed by atoms with E-state index in [4.69, 9.17) is 9.47 Å². The Hall–Kier alpha value is -8.24. The molecular formula is C58H52F4N10O6S2. The number of pyridine rings is 2. The lowest BCUT2D eigenvalue weighted by Gasteiger charge is -2.49. The van der Waals surface area contributed by atoms with Crippen molar-refractivity contribution in [3.8, 4) is 32.6 Å². The maximum atomic E-state index is 16.9. The van der Waals surface area contributed by atoms with Gasteiger partial charge < -0.3 is 19.3 Å². The highest BCUT2D eigenvalue weighted by Crippen LogP contribution is 2.37. The lowest BCUT2D eigenvalue weighted by molar-refractivity contribution is 0.0516. The molecule has 2 saturated heterocycles. The summed E-state index contributed by atoms with van der Waals surface area (Å²) in [5, 5.41) is 22.5. The predicted octanol–water partition coefficient (Wildman–Crippen LogP) is 9.01. The maximum Gasteiger partial charge on any atom is 0.278 e. The SMILES string of the molecule is CCN1C(=O)c2c(OCc3ccccc3)c(=O)c(-c3nnc(Cc4ccc(F)c(CCN5C(=O)c6c(OCc7ccccc7)c(=O)c(-c7nnc(Cc8ccc(F)cc8F)s7)cn6N6CCCC[C@H]56)c4F)s3)cn2N2CCCC[C@@H]12. The number of rotatable bonds is 16. The monoisotopic (exact) mass is 1120 g/mol. The second-order valence-corrected chi connectivity index (χ2v) is 22.2. The van der Waals surface area contributed by atoms with Crippen molar-refractivity contribution in [1.29, 1.82) is 0 Å². The number of amides is 2. The molecule has 8 heterocycles. The van der Waals surface area contributed by atoms with Crippen LogP contribution < -0.4 is 30.3 Å². The van der Waals surface area contributed by atoms with E-state index in [1.54, 1.807) is 25.3 Å². The summed E-state index contributed by atoms with van der Waals surface area (Å²) in [5.41, 5.74) is 0.739. The topological polar surface area (TPSA) is 161 Å². The van der Waals surface area contributed by atoms with E-state index >= 15 is 13.6 Å². The molecule has 4 aliphatic heterocycles. The maximum absolute atomic E-state index is 16.9. The van der Waals surface area contributed by atoms with Crippen molar-refractivity contribution in [3.05, 3.63) is 196 Å². The summed E-state index contributed by atoms with van der Waals surface area (Å²) in [6.07, 6.45) is 6.64. The van der Waals surface area contributed by atoms with Gasteiger partial charge in [0.15, 0.2) is 32.9 Å². The molecule has 0 aliphatic carbocycles. The number of piperidine rings is 2. The molecule has 0 spiro atoms. The first-order valence-corrected chi connectivity index (χ1v) is 28.2. The summed E-state index contributed by atoms with van der Waals surface area (Å²) in [5.74, 6) is -4.31. The van der Waals surface area contributed by atoms with Crippen LogP contribution in [0.4, 0.5) is 17.6 Å². The zero-order valence-electron chi connectivity index (χ0n) is 43.3. The Balaban J connectivity index is 0.834. The molecule has 0 unspecified atom stereocenters. The van der Waals surface area contributed by atoms with E-state index < -0.39 is 46.2 Å². The second-order valence-electron chi connectivity index (χ2n) is 20.0. The molecule has 0 N–H and O–H groups in total. The summed E-state index contributed by atoms with van der Waals surface area (Å²) in [6.45, 7) is 3.30. The van der Waals surface area contributed by atoms with Gasteiger partial charge in [-0.2, -0.15) is 0 Å². The third kappa shape index (κ3) is 9.87. The lowest BCUT2D eigenvalue weighted by atomic mass is 10.0. The van der Waals surface area contributed by atoms with Gasteiger partial charge in [0.05, 0.1) is 11.1 Å². The number of carbonyl (C=O) groups is 2. The Bertz CT molecular complexity index is 3800. The minimum Gasteiger partial charge on any atom is -0.482 e. The van der Waals surface area contributed by atoms with E-state index in [9.17, 15) is 23.2 Å². The first-order valence-electron chi connectivity index (χ1n) is 26.6. The fraction of sp³-hybridized carbons (Fsp3) is 0.310. The smallest absolute Gasteiger partial charge is 0.278 e. The van der Waals surface area contributed by atoms with Crippen molar-refractivity contribution in [2.24, 2.45) is 0 Å². The molecular weight excluding hydrogens is 1070 g/mol. The minimum atomic E-state index is -0.820. The Morgan fingerprint density at radius 1 is 0.588 bits per heavy atom. The normalized spacial score (nSPS) is 16.8. The molecule has 2 fully saturated rings. The highest BCUT2D eigenvalue weighted by molar-refractivity contribution is 7.15. The van der Waals surface area contributed by atoms with E-state index in [-0.39, 0.29) is 112 Å². The van der Waals surface area contributed by atoms with Crippen LogP contribution in [0, 0.1) is 23.3 Å². The standard InChI is InChI=1S/C58H52F4N10O6S2/c1-2-67-46-17-9-11-24-69(46)71-30-40(51(73)53(49(71)57(67)75)77-32-34-13-5-3-6-14-34)56-66-64-45(80-56)28-37-20-22-42(60)39(48(37)62)23-26-68-47-18-10-12-25-70(47)72-31-41(55-65-63-44(79-55)27-36-19-21-38(59)29-43(36)61)52(74)54(50(72)58(68)76)78-33-35-15-7-4-8-16-35/h3-8,13-16,19-22,29-31,46-47H,2,9-12,17-18,23-28,32-33H2,1H3/t46-,47+/m0/s1. The van der Waals surface area contributed by atoms with Crippen molar-refractivity contribution in [3.63, 3.8) is 0 Å². The second kappa shape index (κ2) is 22.1. The molecule has 4 aromatic heterocycles. The number of ether oxygens (including phenoxy) is 2. The molecule has 2 atom stereocenters. The lowest BCUT2D eigenvalue weighted by Crippen LogP contribution is -2.63. The van der Waals surface area contributed by atoms with Crippen molar-refractivity contribution in [2.75, 3.05) is 36.2 Å². The molecule has 410 valence electrons. The van der Waals surface area contributed by atoms with Gasteiger partial charge in [-0.15, -0.1) is 20.4 Å². The van der Waals surface area contributed by atoms with E-state index in [0.717, 1.165) is 78.0 Å². The summed E-state index contributed by atoms with van der Waals surface area (Å²) in [6, 6.07) is 24.2. The molecule has 0 bridgehead atoms. The number of halogens is 4. The van der Waals surface area contributed by atoms with Crippen LogP contribution in [0.3, 0.4) is 0 Å². The van der Waals surface area contributed by atoms with Gasteiger partial charge in [-0.3, -0.25) is 38.5 Å². The summed E-state index contributed by atoms with van der Waals surface area (Å²) in [7, 11) is 0. The number of hydrogen-bond acceptors (Lipinski definition) is 14.